The number of carbonyl (C=O) groups is 3. The monoisotopic (exact) mass is 612 g/mol. The van der Waals surface area contributed by atoms with E-state index in [1.54, 1.807) is 47.4 Å². The number of hydrogen-bond acceptors (Lipinski definition) is 6. The quantitative estimate of drug-likeness (QED) is 0.242. The molecule has 10 nitrogen and oxygen atoms in total. The summed E-state index contributed by atoms with van der Waals surface area (Å²) in [4.78, 5) is 41.9. The number of carbonyl (C=O) groups excluding carboxylic acids is 2. The van der Waals surface area contributed by atoms with E-state index < -0.39 is 12.0 Å². The first-order chi connectivity index (χ1) is 21.5. The molecule has 10 heteroatoms. The molecule has 0 radical (unpaired) electrons. The number of amides is 2. The summed E-state index contributed by atoms with van der Waals surface area (Å²) < 4.78 is 8.50. The van der Waals surface area contributed by atoms with E-state index in [9.17, 15) is 24.6 Å². The molecule has 0 spiro atoms. The van der Waals surface area contributed by atoms with Crippen LogP contribution in [-0.2, 0) is 24.8 Å². The van der Waals surface area contributed by atoms with Gasteiger partial charge in [-0.05, 0) is 61.5 Å². The van der Waals surface area contributed by atoms with Crippen molar-refractivity contribution in [3.63, 3.8) is 0 Å². The fraction of sp³-hybridized carbons (Fsp3) is 0.343. The second-order valence-corrected chi connectivity index (χ2v) is 12.0. The molecule has 3 atom stereocenters. The van der Waals surface area contributed by atoms with Crippen molar-refractivity contribution in [3.05, 3.63) is 95.2 Å². The van der Waals surface area contributed by atoms with Crippen LogP contribution in [0.4, 0.5) is 5.69 Å². The first-order valence-corrected chi connectivity index (χ1v) is 15.1. The number of nitrogens with one attached hydrogen (secondary N) is 1. The Labute approximate surface area is 262 Å². The first-order valence-electron chi connectivity index (χ1n) is 15.1. The average Bonchev–Trinajstić information content (AvgIpc) is 3.33. The highest BCUT2D eigenvalue weighted by atomic mass is 16.5. The van der Waals surface area contributed by atoms with E-state index in [1.807, 2.05) is 63.0 Å². The number of ether oxygens (including phenoxy) is 1. The number of aryl methyl sites for hydroxylation is 1. The lowest BCUT2D eigenvalue weighted by atomic mass is 9.99. The molecule has 2 heterocycles. The fourth-order valence-electron chi connectivity index (χ4n) is 5.90. The zero-order chi connectivity index (χ0) is 32.2. The highest BCUT2D eigenvalue weighted by Gasteiger charge is 2.33. The Balaban J connectivity index is 1.35. The number of carboxylic acids is 1. The normalized spacial score (nSPS) is 17.4. The third-order valence-corrected chi connectivity index (χ3v) is 8.42. The van der Waals surface area contributed by atoms with Crippen LogP contribution in [0.15, 0.2) is 72.9 Å². The molecule has 2 amide bonds. The predicted octanol–water partition coefficient (Wildman–Crippen LogP) is 4.41. The lowest BCUT2D eigenvalue weighted by molar-refractivity contribution is -0.115. The van der Waals surface area contributed by atoms with Crippen LogP contribution < -0.4 is 10.1 Å². The van der Waals surface area contributed by atoms with E-state index in [2.05, 4.69) is 10.2 Å². The Bertz CT molecular complexity index is 1700. The molecule has 45 heavy (non-hydrogen) atoms. The number of aromatic carboxylic acids is 1. The fourth-order valence-corrected chi connectivity index (χ4v) is 5.90. The van der Waals surface area contributed by atoms with Gasteiger partial charge in [0.2, 0.25) is 5.91 Å². The molecule has 3 N–H and O–H groups in total. The van der Waals surface area contributed by atoms with E-state index in [-0.39, 0.29) is 42.4 Å². The van der Waals surface area contributed by atoms with E-state index in [0.717, 1.165) is 22.0 Å². The maximum atomic E-state index is 13.8. The maximum Gasteiger partial charge on any atom is 0.335 e. The molecule has 0 fully saturated rings. The lowest BCUT2D eigenvalue weighted by Gasteiger charge is -2.38. The van der Waals surface area contributed by atoms with E-state index in [0.29, 0.717) is 36.6 Å². The number of aromatic nitrogens is 1. The Morgan fingerprint density at radius 2 is 1.84 bits per heavy atom. The molecule has 0 unspecified atom stereocenters. The number of anilines is 1. The molecule has 0 saturated carbocycles. The summed E-state index contributed by atoms with van der Waals surface area (Å²) in [6.07, 6.45) is 1.85. The summed E-state index contributed by atoms with van der Waals surface area (Å²) in [5, 5.41) is 23.2. The number of aliphatic hydroxyl groups is 1. The van der Waals surface area contributed by atoms with Gasteiger partial charge in [-0.2, -0.15) is 0 Å². The summed E-state index contributed by atoms with van der Waals surface area (Å²) >= 11 is 0. The zero-order valence-electron chi connectivity index (χ0n) is 26.1. The van der Waals surface area contributed by atoms with Crippen LogP contribution in [0.1, 0.15) is 45.7 Å². The number of benzene rings is 3. The summed E-state index contributed by atoms with van der Waals surface area (Å²) in [7, 11) is 3.92. The highest BCUT2D eigenvalue weighted by Crippen LogP contribution is 2.31. The predicted molar refractivity (Wildman–Crippen MR) is 173 cm³/mol. The van der Waals surface area contributed by atoms with Crippen LogP contribution in [0.2, 0.25) is 0 Å². The van der Waals surface area contributed by atoms with Gasteiger partial charge in [-0.25, -0.2) is 4.79 Å². The van der Waals surface area contributed by atoms with Crippen molar-refractivity contribution in [1.82, 2.24) is 14.4 Å². The summed E-state index contributed by atoms with van der Waals surface area (Å²) in [5.41, 5.74) is 3.98. The Morgan fingerprint density at radius 3 is 2.56 bits per heavy atom. The highest BCUT2D eigenvalue weighted by molar-refractivity contribution is 6.01. The molecule has 1 aliphatic heterocycles. The smallest absolute Gasteiger partial charge is 0.335 e. The van der Waals surface area contributed by atoms with Gasteiger partial charge in [0.1, 0.15) is 11.9 Å². The second kappa shape index (κ2) is 13.5. The molecule has 3 aromatic carbocycles. The van der Waals surface area contributed by atoms with Gasteiger partial charge in [0.15, 0.2) is 0 Å². The van der Waals surface area contributed by atoms with E-state index in [4.69, 9.17) is 4.74 Å². The SMILES string of the molecule is C[C@H]1CN([C@@H](C)CO)C(=O)c2cc(NC(=O)Cc3cn(C)c4ccccc34)ccc2O[C@@H]1CN(C)Cc1ccc(C(=O)O)cc1. The van der Waals surface area contributed by atoms with Gasteiger partial charge < -0.3 is 29.7 Å². The minimum Gasteiger partial charge on any atom is -0.488 e. The Kier molecular flexibility index (Phi) is 9.55. The Hall–Kier alpha value is -4.67. The van der Waals surface area contributed by atoms with Gasteiger partial charge in [0.25, 0.3) is 5.91 Å². The molecule has 0 saturated heterocycles. The second-order valence-electron chi connectivity index (χ2n) is 12.0. The van der Waals surface area contributed by atoms with Gasteiger partial charge >= 0.3 is 5.97 Å². The van der Waals surface area contributed by atoms with Crippen molar-refractivity contribution in [1.29, 1.82) is 0 Å². The number of rotatable bonds is 10. The van der Waals surface area contributed by atoms with Gasteiger partial charge in [-0.15, -0.1) is 0 Å². The first kappa shape index (κ1) is 31.7. The van der Waals surface area contributed by atoms with Gasteiger partial charge in [-0.3, -0.25) is 14.5 Å². The summed E-state index contributed by atoms with van der Waals surface area (Å²) in [6.45, 7) is 5.15. The van der Waals surface area contributed by atoms with Crippen molar-refractivity contribution >= 4 is 34.4 Å². The topological polar surface area (TPSA) is 124 Å². The van der Waals surface area contributed by atoms with E-state index >= 15 is 0 Å². The number of likely N-dealkylation sites (N-methyl/N-ethyl adjacent to an activating group) is 1. The standard InChI is InChI=1S/C35H40N4O6/c1-22-17-39(23(2)21-40)34(42)29-16-27(36-33(41)15-26-19-38(4)30-8-6-5-7-28(26)30)13-14-31(29)45-32(22)20-37(3)18-24-9-11-25(12-10-24)35(43)44/h5-14,16,19,22-23,32,40H,15,17-18,20-21H2,1-4H3,(H,36,41)(H,43,44)/t22-,23-,32+/m0/s1. The van der Waals surface area contributed by atoms with Gasteiger partial charge in [0, 0.05) is 55.4 Å². The average molecular weight is 613 g/mol. The number of carboxylic acid groups (broad SMARTS) is 1. The van der Waals surface area contributed by atoms with Crippen LogP contribution in [0, 0.1) is 5.92 Å². The van der Waals surface area contributed by atoms with Gasteiger partial charge in [0.05, 0.1) is 30.2 Å². The Morgan fingerprint density at radius 1 is 1.11 bits per heavy atom. The number of aliphatic hydroxyl groups excluding tert-OH is 1. The molecule has 1 aliphatic rings. The molecule has 1 aromatic heterocycles. The van der Waals surface area contributed by atoms with Crippen LogP contribution in [0.25, 0.3) is 10.9 Å². The van der Waals surface area contributed by atoms with Crippen LogP contribution in [-0.4, -0.2) is 81.3 Å². The lowest BCUT2D eigenvalue weighted by Crippen LogP contribution is -2.49. The van der Waals surface area contributed by atoms with Crippen LogP contribution in [0.5, 0.6) is 5.75 Å². The zero-order valence-corrected chi connectivity index (χ0v) is 26.1. The molecular formula is C35H40N4O6. The summed E-state index contributed by atoms with van der Waals surface area (Å²) in [5.74, 6) is -1.08. The van der Waals surface area contributed by atoms with Crippen molar-refractivity contribution in [2.24, 2.45) is 13.0 Å². The summed E-state index contributed by atoms with van der Waals surface area (Å²) in [6, 6.07) is 19.4. The van der Waals surface area contributed by atoms with Crippen molar-refractivity contribution in [2.75, 3.05) is 32.1 Å². The molecular weight excluding hydrogens is 572 g/mol. The number of fused-ring (bicyclic) bond motifs is 2. The molecule has 4 aromatic rings. The molecule has 236 valence electrons. The van der Waals surface area contributed by atoms with E-state index in [1.165, 1.54) is 0 Å². The van der Waals surface area contributed by atoms with Gasteiger partial charge in [-0.1, -0.05) is 37.3 Å². The molecule has 0 bridgehead atoms. The number of para-hydroxylation sites is 1. The maximum absolute atomic E-state index is 13.8. The van der Waals surface area contributed by atoms with Crippen LogP contribution in [0.3, 0.4) is 0 Å². The molecule has 0 aliphatic carbocycles. The van der Waals surface area contributed by atoms with Crippen molar-refractivity contribution in [3.8, 4) is 5.75 Å². The number of nitrogens with zero attached hydrogens (tertiary/aromatic N) is 3. The third-order valence-electron chi connectivity index (χ3n) is 8.42. The van der Waals surface area contributed by atoms with Crippen molar-refractivity contribution in [2.45, 2.75) is 39.0 Å². The largest absolute Gasteiger partial charge is 0.488 e. The minimum atomic E-state index is -0.964. The van der Waals surface area contributed by atoms with Crippen molar-refractivity contribution < 1.29 is 29.3 Å². The third kappa shape index (κ3) is 7.19. The number of hydrogen-bond donors (Lipinski definition) is 3. The van der Waals surface area contributed by atoms with Crippen LogP contribution >= 0.6 is 0 Å². The minimum absolute atomic E-state index is 0.0620. The molecule has 5 rings (SSSR count).